The third kappa shape index (κ3) is 2.66. The molecule has 0 aromatic heterocycles. The number of halogens is 4. The van der Waals surface area contributed by atoms with E-state index in [-0.39, 0.29) is 37.9 Å². The molecule has 0 heterocycles. The van der Waals surface area contributed by atoms with Gasteiger partial charge >= 0.3 is 0 Å². The average Bonchev–Trinajstić information content (AvgIpc) is 2.37. The quantitative estimate of drug-likeness (QED) is 0.785. The fraction of sp³-hybridized carbons (Fsp3) is 0. The summed E-state index contributed by atoms with van der Waals surface area (Å²) in [4.78, 5) is 0. The van der Waals surface area contributed by atoms with Crippen LogP contribution in [0.1, 0.15) is 0 Å². The summed E-state index contributed by atoms with van der Waals surface area (Å²) in [6.45, 7) is 0. The lowest BCUT2D eigenvalue weighted by Gasteiger charge is -2.13. The van der Waals surface area contributed by atoms with E-state index in [0.717, 1.165) is 0 Å². The van der Waals surface area contributed by atoms with Crippen LogP contribution in [-0.4, -0.2) is 0 Å². The summed E-state index contributed by atoms with van der Waals surface area (Å²) in [6.07, 6.45) is 0. The number of hydrogen-bond donors (Lipinski definition) is 2. The van der Waals surface area contributed by atoms with Crippen LogP contribution in [0.15, 0.2) is 24.3 Å². The SMILES string of the molecule is Nc1cc(N)c(Oc2cccc(Cl)c2Cl)c(F)c1Cl. The van der Waals surface area contributed by atoms with Crippen molar-refractivity contribution in [3.8, 4) is 11.5 Å². The Bertz CT molecular complexity index is 649. The van der Waals surface area contributed by atoms with Crippen LogP contribution in [0.4, 0.5) is 15.8 Å². The highest BCUT2D eigenvalue weighted by atomic mass is 35.5. The predicted molar refractivity (Wildman–Crippen MR) is 76.8 cm³/mol. The summed E-state index contributed by atoms with van der Waals surface area (Å²) in [6, 6.07) is 6.01. The van der Waals surface area contributed by atoms with E-state index >= 15 is 0 Å². The first-order valence-corrected chi connectivity index (χ1v) is 6.20. The minimum Gasteiger partial charge on any atom is -0.450 e. The van der Waals surface area contributed by atoms with Crippen LogP contribution in [0.25, 0.3) is 0 Å². The lowest BCUT2D eigenvalue weighted by Crippen LogP contribution is -2.00. The van der Waals surface area contributed by atoms with Crippen LogP contribution in [0.5, 0.6) is 11.5 Å². The highest BCUT2D eigenvalue weighted by Gasteiger charge is 2.18. The molecule has 0 bridgehead atoms. The number of nitrogens with two attached hydrogens (primary N) is 2. The van der Waals surface area contributed by atoms with Crippen molar-refractivity contribution < 1.29 is 9.13 Å². The molecule has 0 aliphatic carbocycles. The number of benzene rings is 2. The largest absolute Gasteiger partial charge is 0.450 e. The lowest BCUT2D eigenvalue weighted by atomic mass is 10.2. The third-order valence-electron chi connectivity index (χ3n) is 2.35. The van der Waals surface area contributed by atoms with Crippen molar-refractivity contribution in [3.63, 3.8) is 0 Å². The van der Waals surface area contributed by atoms with E-state index < -0.39 is 5.82 Å². The predicted octanol–water partition coefficient (Wildman–Crippen LogP) is 4.74. The van der Waals surface area contributed by atoms with Gasteiger partial charge in [0, 0.05) is 0 Å². The summed E-state index contributed by atoms with van der Waals surface area (Å²) in [5.74, 6) is -0.931. The van der Waals surface area contributed by atoms with E-state index in [4.69, 9.17) is 51.0 Å². The number of nitrogen functional groups attached to an aromatic ring is 2. The summed E-state index contributed by atoms with van der Waals surface area (Å²) in [5, 5.41) is 0.165. The van der Waals surface area contributed by atoms with Crippen LogP contribution >= 0.6 is 34.8 Å². The van der Waals surface area contributed by atoms with Crippen molar-refractivity contribution >= 4 is 46.2 Å². The van der Waals surface area contributed by atoms with Gasteiger partial charge in [-0.25, -0.2) is 4.39 Å². The zero-order valence-electron chi connectivity index (χ0n) is 9.38. The molecule has 0 saturated carbocycles. The number of hydrogen-bond acceptors (Lipinski definition) is 3. The topological polar surface area (TPSA) is 61.3 Å². The monoisotopic (exact) mass is 320 g/mol. The molecule has 7 heteroatoms. The Hall–Kier alpha value is -1.36. The van der Waals surface area contributed by atoms with E-state index in [0.29, 0.717) is 0 Å². The summed E-state index contributed by atoms with van der Waals surface area (Å²) in [7, 11) is 0. The fourth-order valence-electron chi connectivity index (χ4n) is 1.43. The van der Waals surface area contributed by atoms with Crippen molar-refractivity contribution in [2.24, 2.45) is 0 Å². The zero-order valence-corrected chi connectivity index (χ0v) is 11.7. The molecule has 19 heavy (non-hydrogen) atoms. The van der Waals surface area contributed by atoms with Gasteiger partial charge < -0.3 is 16.2 Å². The zero-order chi connectivity index (χ0) is 14.2. The average molecular weight is 322 g/mol. The van der Waals surface area contributed by atoms with Gasteiger partial charge in [-0.15, -0.1) is 0 Å². The van der Waals surface area contributed by atoms with Crippen molar-refractivity contribution in [2.45, 2.75) is 0 Å². The molecule has 0 saturated heterocycles. The van der Waals surface area contributed by atoms with Gasteiger partial charge in [0.05, 0.1) is 16.4 Å². The van der Waals surface area contributed by atoms with Gasteiger partial charge in [-0.2, -0.15) is 0 Å². The second-order valence-corrected chi connectivity index (χ2v) is 4.83. The van der Waals surface area contributed by atoms with Gasteiger partial charge in [0.2, 0.25) is 0 Å². The molecule has 100 valence electrons. The van der Waals surface area contributed by atoms with Gasteiger partial charge in [0.25, 0.3) is 0 Å². The van der Waals surface area contributed by atoms with E-state index in [2.05, 4.69) is 0 Å². The van der Waals surface area contributed by atoms with Gasteiger partial charge in [-0.1, -0.05) is 40.9 Å². The smallest absolute Gasteiger partial charge is 0.188 e. The Kier molecular flexibility index (Phi) is 3.94. The summed E-state index contributed by atoms with van der Waals surface area (Å²) < 4.78 is 19.3. The Morgan fingerprint density at radius 1 is 1.00 bits per heavy atom. The standard InChI is InChI=1S/C12H8Cl3FN2O/c13-5-2-1-3-8(9(5)14)19-12-7(18)4-6(17)10(15)11(12)16/h1-4H,17-18H2. The van der Waals surface area contributed by atoms with Gasteiger partial charge in [0.1, 0.15) is 15.8 Å². The van der Waals surface area contributed by atoms with Crippen LogP contribution in [0, 0.1) is 5.82 Å². The molecule has 0 radical (unpaired) electrons. The van der Waals surface area contributed by atoms with E-state index in [1.165, 1.54) is 12.1 Å². The molecule has 0 aliphatic heterocycles. The fourth-order valence-corrected chi connectivity index (χ4v) is 1.90. The van der Waals surface area contributed by atoms with Crippen LogP contribution in [0.3, 0.4) is 0 Å². The maximum atomic E-state index is 13.9. The molecule has 0 unspecified atom stereocenters. The highest BCUT2D eigenvalue weighted by molar-refractivity contribution is 6.42. The minimum absolute atomic E-state index is 0.00967. The molecule has 0 amide bonds. The van der Waals surface area contributed by atoms with E-state index in [9.17, 15) is 4.39 Å². The number of ether oxygens (including phenoxy) is 1. The molecule has 0 spiro atoms. The molecule has 2 aromatic rings. The van der Waals surface area contributed by atoms with Crippen LogP contribution < -0.4 is 16.2 Å². The van der Waals surface area contributed by atoms with Gasteiger partial charge in [-0.05, 0) is 18.2 Å². The normalized spacial score (nSPS) is 10.5. The molecular weight excluding hydrogens is 314 g/mol. The molecule has 4 N–H and O–H groups in total. The highest BCUT2D eigenvalue weighted by Crippen LogP contribution is 2.41. The summed E-state index contributed by atoms with van der Waals surface area (Å²) >= 11 is 17.5. The summed E-state index contributed by atoms with van der Waals surface area (Å²) in [5.41, 5.74) is 11.2. The van der Waals surface area contributed by atoms with Crippen molar-refractivity contribution in [3.05, 3.63) is 45.2 Å². The van der Waals surface area contributed by atoms with E-state index in [1.807, 2.05) is 0 Å². The van der Waals surface area contributed by atoms with Crippen LogP contribution in [0.2, 0.25) is 15.1 Å². The van der Waals surface area contributed by atoms with Gasteiger partial charge in [0.15, 0.2) is 11.6 Å². The van der Waals surface area contributed by atoms with Crippen LogP contribution in [-0.2, 0) is 0 Å². The lowest BCUT2D eigenvalue weighted by molar-refractivity contribution is 0.445. The van der Waals surface area contributed by atoms with Crippen molar-refractivity contribution in [2.75, 3.05) is 11.5 Å². The Morgan fingerprint density at radius 3 is 2.37 bits per heavy atom. The third-order valence-corrected chi connectivity index (χ3v) is 3.53. The molecular formula is C12H8Cl3FN2O. The molecule has 0 fully saturated rings. The molecule has 3 nitrogen and oxygen atoms in total. The Labute approximate surface area is 123 Å². The molecule has 2 rings (SSSR count). The first kappa shape index (κ1) is 14.1. The molecule has 0 aliphatic rings. The number of rotatable bonds is 2. The first-order valence-electron chi connectivity index (χ1n) is 5.06. The van der Waals surface area contributed by atoms with E-state index in [1.54, 1.807) is 12.1 Å². The Morgan fingerprint density at radius 2 is 1.68 bits per heavy atom. The first-order chi connectivity index (χ1) is 8.91. The Balaban J connectivity index is 2.50. The number of anilines is 2. The minimum atomic E-state index is -0.852. The molecule has 0 atom stereocenters. The van der Waals surface area contributed by atoms with Crippen molar-refractivity contribution in [1.82, 2.24) is 0 Å². The maximum absolute atomic E-state index is 13.9. The van der Waals surface area contributed by atoms with Crippen molar-refractivity contribution in [1.29, 1.82) is 0 Å². The van der Waals surface area contributed by atoms with Gasteiger partial charge in [-0.3, -0.25) is 0 Å². The molecule has 2 aromatic carbocycles. The maximum Gasteiger partial charge on any atom is 0.188 e. The second-order valence-electron chi connectivity index (χ2n) is 3.67. The second kappa shape index (κ2) is 5.33.